The van der Waals surface area contributed by atoms with Gasteiger partial charge in [-0.25, -0.2) is 5.84 Å². The molecule has 2 atom stereocenters. The quantitative estimate of drug-likeness (QED) is 0.250. The van der Waals surface area contributed by atoms with Crippen molar-refractivity contribution in [3.05, 3.63) is 0 Å². The van der Waals surface area contributed by atoms with Gasteiger partial charge >= 0.3 is 11.8 Å². The average molecular weight is 215 g/mol. The van der Waals surface area contributed by atoms with Crippen molar-refractivity contribution >= 4 is 11.8 Å². The zero-order chi connectivity index (χ0) is 11.4. The molecular formula is C9H17N3O3. The smallest absolute Gasteiger partial charge is 0.323 e. The fourth-order valence-electron chi connectivity index (χ4n) is 1.73. The molecule has 0 aromatic rings. The van der Waals surface area contributed by atoms with E-state index in [2.05, 4.69) is 6.92 Å². The number of nitrogens with zero attached hydrogens (tertiary/aromatic N) is 1. The standard InChI is InChI=1S/C9H17N3O3/c1-6-3-4-12(5-7(6)15-2)9(14)8(13)11-10/h6-7H,3-5,10H2,1-2H3,(H,11,13). The first-order valence-corrected chi connectivity index (χ1v) is 4.92. The first-order valence-electron chi connectivity index (χ1n) is 4.92. The lowest BCUT2D eigenvalue weighted by atomic mass is 9.96. The molecule has 0 spiro atoms. The van der Waals surface area contributed by atoms with Crippen LogP contribution >= 0.6 is 0 Å². The molecule has 1 saturated heterocycles. The fourth-order valence-corrected chi connectivity index (χ4v) is 1.73. The summed E-state index contributed by atoms with van der Waals surface area (Å²) in [6.45, 7) is 3.09. The Morgan fingerprint density at radius 3 is 2.73 bits per heavy atom. The maximum absolute atomic E-state index is 11.5. The van der Waals surface area contributed by atoms with Crippen molar-refractivity contribution in [3.8, 4) is 0 Å². The largest absolute Gasteiger partial charge is 0.379 e. The molecular weight excluding hydrogens is 198 g/mol. The van der Waals surface area contributed by atoms with Crippen LogP contribution in [0, 0.1) is 5.92 Å². The first-order chi connectivity index (χ1) is 7.10. The number of rotatable bonds is 1. The Bertz CT molecular complexity index is 257. The number of hydrazine groups is 1. The van der Waals surface area contributed by atoms with Gasteiger partial charge in [0.25, 0.3) is 0 Å². The Balaban J connectivity index is 2.58. The third-order valence-corrected chi connectivity index (χ3v) is 2.80. The van der Waals surface area contributed by atoms with Crippen LogP contribution in [0.15, 0.2) is 0 Å². The monoisotopic (exact) mass is 215 g/mol. The number of nitrogens with two attached hydrogens (primary N) is 1. The minimum absolute atomic E-state index is 0.00623. The molecule has 1 heterocycles. The molecule has 15 heavy (non-hydrogen) atoms. The lowest BCUT2D eigenvalue weighted by Gasteiger charge is -2.35. The minimum Gasteiger partial charge on any atom is -0.379 e. The van der Waals surface area contributed by atoms with Crippen LogP contribution in [0.4, 0.5) is 0 Å². The summed E-state index contributed by atoms with van der Waals surface area (Å²) in [5.41, 5.74) is 1.84. The molecule has 6 nitrogen and oxygen atoms in total. The van der Waals surface area contributed by atoms with Crippen LogP contribution in [-0.2, 0) is 14.3 Å². The van der Waals surface area contributed by atoms with Crippen LogP contribution in [0.5, 0.6) is 0 Å². The lowest BCUT2D eigenvalue weighted by molar-refractivity contribution is -0.149. The maximum atomic E-state index is 11.5. The number of hydrogen-bond acceptors (Lipinski definition) is 4. The van der Waals surface area contributed by atoms with Gasteiger partial charge in [-0.3, -0.25) is 15.0 Å². The number of ether oxygens (including phenoxy) is 1. The Hall–Kier alpha value is -1.14. The highest BCUT2D eigenvalue weighted by Gasteiger charge is 2.31. The van der Waals surface area contributed by atoms with Crippen LogP contribution < -0.4 is 11.3 Å². The predicted molar refractivity (Wildman–Crippen MR) is 53.5 cm³/mol. The molecule has 0 aromatic carbocycles. The van der Waals surface area contributed by atoms with Crippen LogP contribution in [0.25, 0.3) is 0 Å². The number of piperidine rings is 1. The molecule has 0 radical (unpaired) electrons. The number of carbonyl (C=O) groups excluding carboxylic acids is 2. The normalized spacial score (nSPS) is 26.2. The van der Waals surface area contributed by atoms with Crippen LogP contribution in [0.1, 0.15) is 13.3 Å². The van der Waals surface area contributed by atoms with Crippen molar-refractivity contribution in [2.45, 2.75) is 19.4 Å². The Kier molecular flexibility index (Phi) is 4.05. The molecule has 1 aliphatic rings. The molecule has 2 amide bonds. The lowest BCUT2D eigenvalue weighted by Crippen LogP contribution is -2.52. The van der Waals surface area contributed by atoms with Gasteiger partial charge in [0.2, 0.25) is 0 Å². The van der Waals surface area contributed by atoms with Gasteiger partial charge in [-0.05, 0) is 12.3 Å². The van der Waals surface area contributed by atoms with Crippen molar-refractivity contribution in [2.24, 2.45) is 11.8 Å². The molecule has 0 aliphatic carbocycles. The summed E-state index contributed by atoms with van der Waals surface area (Å²) in [5.74, 6) is 3.93. The summed E-state index contributed by atoms with van der Waals surface area (Å²) in [6.07, 6.45) is 0.829. The van der Waals surface area contributed by atoms with Crippen molar-refractivity contribution in [2.75, 3.05) is 20.2 Å². The van der Waals surface area contributed by atoms with Gasteiger partial charge in [0.1, 0.15) is 0 Å². The Labute approximate surface area is 88.7 Å². The molecule has 86 valence electrons. The van der Waals surface area contributed by atoms with Crippen LogP contribution in [0.3, 0.4) is 0 Å². The molecule has 2 unspecified atom stereocenters. The molecule has 0 bridgehead atoms. The summed E-state index contributed by atoms with van der Waals surface area (Å²) in [4.78, 5) is 24.0. The Morgan fingerprint density at radius 1 is 1.53 bits per heavy atom. The summed E-state index contributed by atoms with van der Waals surface area (Å²) < 4.78 is 5.24. The van der Waals surface area contributed by atoms with Gasteiger partial charge in [0.15, 0.2) is 0 Å². The van der Waals surface area contributed by atoms with Gasteiger partial charge in [0, 0.05) is 20.2 Å². The van der Waals surface area contributed by atoms with E-state index in [4.69, 9.17) is 10.6 Å². The van der Waals surface area contributed by atoms with E-state index >= 15 is 0 Å². The highest BCUT2D eigenvalue weighted by atomic mass is 16.5. The highest BCUT2D eigenvalue weighted by Crippen LogP contribution is 2.19. The predicted octanol–water partition coefficient (Wildman–Crippen LogP) is -1.14. The molecule has 1 fully saturated rings. The number of amides is 2. The van der Waals surface area contributed by atoms with Crippen molar-refractivity contribution in [1.29, 1.82) is 0 Å². The highest BCUT2D eigenvalue weighted by molar-refractivity contribution is 6.34. The second-order valence-electron chi connectivity index (χ2n) is 3.76. The van der Waals surface area contributed by atoms with E-state index < -0.39 is 11.8 Å². The summed E-state index contributed by atoms with van der Waals surface area (Å²) in [7, 11) is 1.61. The summed E-state index contributed by atoms with van der Waals surface area (Å²) in [5, 5.41) is 0. The van der Waals surface area contributed by atoms with Gasteiger partial charge in [-0.1, -0.05) is 6.92 Å². The van der Waals surface area contributed by atoms with Gasteiger partial charge in [-0.2, -0.15) is 0 Å². The molecule has 1 aliphatic heterocycles. The van der Waals surface area contributed by atoms with E-state index in [1.54, 1.807) is 7.11 Å². The minimum atomic E-state index is -0.778. The summed E-state index contributed by atoms with van der Waals surface area (Å²) >= 11 is 0. The van der Waals surface area contributed by atoms with E-state index in [0.29, 0.717) is 19.0 Å². The molecule has 0 aromatic heterocycles. The zero-order valence-electron chi connectivity index (χ0n) is 9.03. The third kappa shape index (κ3) is 2.66. The molecule has 1 rings (SSSR count). The maximum Gasteiger partial charge on any atom is 0.323 e. The number of nitrogens with one attached hydrogen (secondary N) is 1. The average Bonchev–Trinajstić information content (AvgIpc) is 2.27. The first kappa shape index (κ1) is 11.9. The fraction of sp³-hybridized carbons (Fsp3) is 0.778. The molecule has 3 N–H and O–H groups in total. The van der Waals surface area contributed by atoms with Crippen molar-refractivity contribution in [1.82, 2.24) is 10.3 Å². The Morgan fingerprint density at radius 2 is 2.20 bits per heavy atom. The van der Waals surface area contributed by atoms with E-state index in [0.717, 1.165) is 6.42 Å². The number of methoxy groups -OCH3 is 1. The van der Waals surface area contributed by atoms with Gasteiger partial charge in [0.05, 0.1) is 6.10 Å². The van der Waals surface area contributed by atoms with E-state index in [1.165, 1.54) is 4.90 Å². The molecule has 0 saturated carbocycles. The van der Waals surface area contributed by atoms with Crippen LogP contribution in [0.2, 0.25) is 0 Å². The summed E-state index contributed by atoms with van der Waals surface area (Å²) in [6, 6.07) is 0. The van der Waals surface area contributed by atoms with Gasteiger partial charge < -0.3 is 9.64 Å². The van der Waals surface area contributed by atoms with Gasteiger partial charge in [-0.15, -0.1) is 0 Å². The van der Waals surface area contributed by atoms with Crippen molar-refractivity contribution in [3.63, 3.8) is 0 Å². The van der Waals surface area contributed by atoms with E-state index in [-0.39, 0.29) is 6.10 Å². The third-order valence-electron chi connectivity index (χ3n) is 2.80. The topological polar surface area (TPSA) is 84.7 Å². The van der Waals surface area contributed by atoms with E-state index in [1.807, 2.05) is 5.43 Å². The number of carbonyl (C=O) groups is 2. The number of likely N-dealkylation sites (tertiary alicyclic amines) is 1. The second-order valence-corrected chi connectivity index (χ2v) is 3.76. The van der Waals surface area contributed by atoms with Crippen molar-refractivity contribution < 1.29 is 14.3 Å². The number of hydrogen-bond donors (Lipinski definition) is 2. The molecule has 6 heteroatoms. The van der Waals surface area contributed by atoms with Crippen LogP contribution in [-0.4, -0.2) is 43.0 Å². The zero-order valence-corrected chi connectivity index (χ0v) is 9.03. The van der Waals surface area contributed by atoms with E-state index in [9.17, 15) is 9.59 Å². The SMILES string of the molecule is COC1CN(C(=O)C(=O)NN)CCC1C. The second kappa shape index (κ2) is 5.09.